The van der Waals surface area contributed by atoms with Crippen molar-refractivity contribution >= 4 is 29.0 Å². The SMILES string of the molecule is COc1ccc(NC(=O)C2CN(c3ccccc3)C(=O)C2=O)cc1. The van der Waals surface area contributed by atoms with Crippen LogP contribution in [0.15, 0.2) is 54.6 Å². The fourth-order valence-electron chi connectivity index (χ4n) is 2.57. The molecule has 0 aliphatic carbocycles. The Morgan fingerprint density at radius 1 is 1.08 bits per heavy atom. The van der Waals surface area contributed by atoms with Crippen molar-refractivity contribution in [1.29, 1.82) is 0 Å². The van der Waals surface area contributed by atoms with Crippen LogP contribution in [0.4, 0.5) is 11.4 Å². The summed E-state index contributed by atoms with van der Waals surface area (Å²) in [6, 6.07) is 15.6. The highest BCUT2D eigenvalue weighted by Gasteiger charge is 2.43. The van der Waals surface area contributed by atoms with Gasteiger partial charge in [0.25, 0.3) is 5.91 Å². The number of carbonyl (C=O) groups is 3. The third-order valence-electron chi connectivity index (χ3n) is 3.88. The molecular weight excluding hydrogens is 308 g/mol. The number of benzene rings is 2. The molecule has 2 aromatic rings. The summed E-state index contributed by atoms with van der Waals surface area (Å²) >= 11 is 0. The second kappa shape index (κ2) is 6.54. The molecular formula is C18H16N2O4. The van der Waals surface area contributed by atoms with Gasteiger partial charge in [0.2, 0.25) is 11.7 Å². The average molecular weight is 324 g/mol. The fraction of sp³-hybridized carbons (Fsp3) is 0.167. The lowest BCUT2D eigenvalue weighted by Crippen LogP contribution is -2.29. The van der Waals surface area contributed by atoms with Gasteiger partial charge < -0.3 is 15.0 Å². The summed E-state index contributed by atoms with van der Waals surface area (Å²) in [4.78, 5) is 38.0. The topological polar surface area (TPSA) is 75.7 Å². The Bertz CT molecular complexity index is 771. The summed E-state index contributed by atoms with van der Waals surface area (Å²) in [7, 11) is 1.55. The minimum absolute atomic E-state index is 0.0453. The van der Waals surface area contributed by atoms with E-state index in [9.17, 15) is 14.4 Å². The van der Waals surface area contributed by atoms with Gasteiger partial charge in [-0.25, -0.2) is 0 Å². The van der Waals surface area contributed by atoms with E-state index >= 15 is 0 Å². The van der Waals surface area contributed by atoms with E-state index in [0.29, 0.717) is 17.1 Å². The van der Waals surface area contributed by atoms with Crippen LogP contribution in [-0.2, 0) is 14.4 Å². The van der Waals surface area contributed by atoms with Crippen LogP contribution >= 0.6 is 0 Å². The number of anilines is 2. The van der Waals surface area contributed by atoms with E-state index in [1.165, 1.54) is 4.90 Å². The molecule has 6 nitrogen and oxygen atoms in total. The first-order chi connectivity index (χ1) is 11.6. The molecule has 1 unspecified atom stereocenters. The van der Waals surface area contributed by atoms with Gasteiger partial charge in [-0.2, -0.15) is 0 Å². The Hall–Kier alpha value is -3.15. The summed E-state index contributed by atoms with van der Waals surface area (Å²) in [6.45, 7) is 0.0453. The van der Waals surface area contributed by atoms with Crippen LogP contribution in [0.5, 0.6) is 5.75 Å². The van der Waals surface area contributed by atoms with E-state index in [4.69, 9.17) is 4.74 Å². The lowest BCUT2D eigenvalue weighted by molar-refractivity contribution is -0.138. The molecule has 0 radical (unpaired) electrons. The van der Waals surface area contributed by atoms with Gasteiger partial charge in [-0.3, -0.25) is 14.4 Å². The first-order valence-electron chi connectivity index (χ1n) is 7.46. The molecule has 122 valence electrons. The van der Waals surface area contributed by atoms with Crippen molar-refractivity contribution in [3.8, 4) is 5.75 Å². The number of amides is 2. The van der Waals surface area contributed by atoms with E-state index in [1.807, 2.05) is 6.07 Å². The Balaban J connectivity index is 1.73. The van der Waals surface area contributed by atoms with Gasteiger partial charge >= 0.3 is 0 Å². The molecule has 3 rings (SSSR count). The molecule has 2 aromatic carbocycles. The van der Waals surface area contributed by atoms with Gasteiger partial charge in [0, 0.05) is 17.9 Å². The number of nitrogens with one attached hydrogen (secondary N) is 1. The third-order valence-corrected chi connectivity index (χ3v) is 3.88. The zero-order valence-electron chi connectivity index (χ0n) is 13.1. The number of rotatable bonds is 4. The van der Waals surface area contributed by atoms with Crippen LogP contribution in [0.3, 0.4) is 0 Å². The summed E-state index contributed by atoms with van der Waals surface area (Å²) in [5.74, 6) is -2.19. The number of methoxy groups -OCH3 is 1. The van der Waals surface area contributed by atoms with E-state index in [1.54, 1.807) is 55.6 Å². The van der Waals surface area contributed by atoms with Gasteiger partial charge in [-0.15, -0.1) is 0 Å². The van der Waals surface area contributed by atoms with E-state index in [0.717, 1.165) is 0 Å². The van der Waals surface area contributed by atoms with Crippen LogP contribution in [0, 0.1) is 5.92 Å². The predicted molar refractivity (Wildman–Crippen MR) is 88.9 cm³/mol. The molecule has 24 heavy (non-hydrogen) atoms. The Morgan fingerprint density at radius 3 is 2.38 bits per heavy atom. The van der Waals surface area contributed by atoms with Gasteiger partial charge in [-0.05, 0) is 36.4 Å². The first kappa shape index (κ1) is 15.7. The van der Waals surface area contributed by atoms with Gasteiger partial charge in [0.1, 0.15) is 11.7 Å². The Labute approximate surface area is 139 Å². The third kappa shape index (κ3) is 2.99. The van der Waals surface area contributed by atoms with Crippen LogP contribution in [0.2, 0.25) is 0 Å². The number of carbonyl (C=O) groups excluding carboxylic acids is 3. The number of nitrogens with zero attached hydrogens (tertiary/aromatic N) is 1. The lowest BCUT2D eigenvalue weighted by Gasteiger charge is -2.15. The Morgan fingerprint density at radius 2 is 1.75 bits per heavy atom. The summed E-state index contributed by atoms with van der Waals surface area (Å²) in [5, 5.41) is 2.66. The zero-order valence-corrected chi connectivity index (χ0v) is 13.1. The van der Waals surface area contributed by atoms with Crippen molar-refractivity contribution in [2.45, 2.75) is 0 Å². The highest BCUT2D eigenvalue weighted by molar-refractivity contribution is 6.48. The highest BCUT2D eigenvalue weighted by atomic mass is 16.5. The zero-order chi connectivity index (χ0) is 17.1. The van der Waals surface area contributed by atoms with E-state index in [-0.39, 0.29) is 6.54 Å². The average Bonchev–Trinajstić information content (AvgIpc) is 2.92. The van der Waals surface area contributed by atoms with Crippen LogP contribution in [0.25, 0.3) is 0 Å². The molecule has 1 heterocycles. The molecule has 0 bridgehead atoms. The number of hydrogen-bond donors (Lipinski definition) is 1. The van der Waals surface area contributed by atoms with Crippen molar-refractivity contribution in [2.75, 3.05) is 23.9 Å². The smallest absolute Gasteiger partial charge is 0.295 e. The molecule has 1 N–H and O–H groups in total. The molecule has 0 aromatic heterocycles. The largest absolute Gasteiger partial charge is 0.497 e. The summed E-state index contributed by atoms with van der Waals surface area (Å²) in [5.41, 5.74) is 1.15. The molecule has 0 saturated carbocycles. The van der Waals surface area contributed by atoms with Gasteiger partial charge in [0.05, 0.1) is 7.11 Å². The molecule has 1 atom stereocenters. The molecule has 1 aliphatic rings. The van der Waals surface area contributed by atoms with Crippen molar-refractivity contribution in [3.63, 3.8) is 0 Å². The van der Waals surface area contributed by atoms with Crippen molar-refractivity contribution in [1.82, 2.24) is 0 Å². The van der Waals surface area contributed by atoms with Crippen LogP contribution < -0.4 is 15.0 Å². The van der Waals surface area contributed by atoms with E-state index in [2.05, 4.69) is 5.32 Å². The summed E-state index contributed by atoms with van der Waals surface area (Å²) < 4.78 is 5.05. The normalized spacial score (nSPS) is 17.0. The predicted octanol–water partition coefficient (Wildman–Crippen LogP) is 1.87. The van der Waals surface area contributed by atoms with Gasteiger partial charge in [-0.1, -0.05) is 18.2 Å². The minimum Gasteiger partial charge on any atom is -0.497 e. The van der Waals surface area contributed by atoms with Crippen molar-refractivity contribution in [3.05, 3.63) is 54.6 Å². The number of ketones is 1. The molecule has 1 saturated heterocycles. The number of ether oxygens (including phenoxy) is 1. The quantitative estimate of drug-likeness (QED) is 0.688. The maximum absolute atomic E-state index is 12.4. The van der Waals surface area contributed by atoms with Crippen LogP contribution in [0.1, 0.15) is 0 Å². The van der Waals surface area contributed by atoms with Crippen molar-refractivity contribution < 1.29 is 19.1 Å². The van der Waals surface area contributed by atoms with Gasteiger partial charge in [0.15, 0.2) is 0 Å². The molecule has 0 spiro atoms. The Kier molecular flexibility index (Phi) is 4.29. The standard InChI is InChI=1S/C18H16N2O4/c1-24-14-9-7-12(8-10-14)19-17(22)15-11-20(18(23)16(15)21)13-5-3-2-4-6-13/h2-10,15H,11H2,1H3,(H,19,22). The minimum atomic E-state index is -1.01. The first-order valence-corrected chi connectivity index (χ1v) is 7.46. The second-order valence-corrected chi connectivity index (χ2v) is 5.39. The van der Waals surface area contributed by atoms with Crippen molar-refractivity contribution in [2.24, 2.45) is 5.92 Å². The fourth-order valence-corrected chi connectivity index (χ4v) is 2.57. The molecule has 6 heteroatoms. The second-order valence-electron chi connectivity index (χ2n) is 5.39. The lowest BCUT2D eigenvalue weighted by atomic mass is 10.1. The molecule has 1 fully saturated rings. The maximum atomic E-state index is 12.4. The molecule has 1 aliphatic heterocycles. The maximum Gasteiger partial charge on any atom is 0.295 e. The number of para-hydroxylation sites is 1. The van der Waals surface area contributed by atoms with E-state index < -0.39 is 23.5 Å². The molecule has 2 amide bonds. The number of hydrogen-bond acceptors (Lipinski definition) is 4. The van der Waals surface area contributed by atoms with Crippen LogP contribution in [-0.4, -0.2) is 31.3 Å². The highest BCUT2D eigenvalue weighted by Crippen LogP contribution is 2.24. The number of Topliss-reactive ketones (excluding diaryl/α,β-unsaturated/α-hetero) is 1. The monoisotopic (exact) mass is 324 g/mol. The summed E-state index contributed by atoms with van der Waals surface area (Å²) in [6.07, 6.45) is 0.